The first-order valence-corrected chi connectivity index (χ1v) is 11.3. The smallest absolute Gasteiger partial charge is 0.266 e. The number of amides is 2. The molecule has 0 bridgehead atoms. The number of carbonyl (C=O) groups is 2. The fourth-order valence-corrected chi connectivity index (χ4v) is 4.80. The molecule has 7 nitrogen and oxygen atoms in total. The van der Waals surface area contributed by atoms with E-state index in [9.17, 15) is 14.7 Å². The Morgan fingerprint density at radius 1 is 0.970 bits per heavy atom. The van der Waals surface area contributed by atoms with E-state index in [0.717, 1.165) is 9.37 Å². The van der Waals surface area contributed by atoms with E-state index in [-0.39, 0.29) is 5.75 Å². The van der Waals surface area contributed by atoms with Crippen molar-refractivity contribution in [1.82, 2.24) is 0 Å². The zero-order valence-electron chi connectivity index (χ0n) is 17.3. The minimum absolute atomic E-state index is 0.00504. The van der Waals surface area contributed by atoms with Crippen molar-refractivity contribution < 1.29 is 24.3 Å². The highest BCUT2D eigenvalue weighted by molar-refractivity contribution is 9.10. The predicted octanol–water partition coefficient (Wildman–Crippen LogP) is 4.87. The zero-order valence-corrected chi connectivity index (χ0v) is 19.7. The van der Waals surface area contributed by atoms with Crippen LogP contribution in [0.3, 0.4) is 0 Å². The van der Waals surface area contributed by atoms with Crippen LogP contribution in [0.15, 0.2) is 71.2 Å². The van der Waals surface area contributed by atoms with E-state index in [1.54, 1.807) is 67.8 Å². The summed E-state index contributed by atoms with van der Waals surface area (Å²) in [6.45, 7) is 0. The van der Waals surface area contributed by atoms with Crippen LogP contribution in [-0.4, -0.2) is 30.1 Å². The molecule has 2 saturated heterocycles. The second-order valence-corrected chi connectivity index (χ2v) is 9.06. The normalized spacial score (nSPS) is 22.1. The molecule has 0 aromatic heterocycles. The van der Waals surface area contributed by atoms with Crippen molar-refractivity contribution in [3.05, 3.63) is 81.8 Å². The monoisotopic (exact) mass is 528 g/mol. The number of phenolic OH excluding ortho intramolecular Hbond substituents is 1. The molecular formula is C24H18BrClN2O5. The number of hydroxylamine groups is 1. The third-order valence-electron chi connectivity index (χ3n) is 5.84. The van der Waals surface area contributed by atoms with Gasteiger partial charge in [-0.3, -0.25) is 14.4 Å². The number of ether oxygens (including phenoxy) is 1. The lowest BCUT2D eigenvalue weighted by Crippen LogP contribution is -2.37. The molecule has 2 aliphatic heterocycles. The molecule has 5 rings (SSSR count). The highest BCUT2D eigenvalue weighted by Crippen LogP contribution is 2.49. The highest BCUT2D eigenvalue weighted by atomic mass is 79.9. The lowest BCUT2D eigenvalue weighted by molar-refractivity contribution is -0.126. The molecule has 2 heterocycles. The number of phenols is 1. The lowest BCUT2D eigenvalue weighted by atomic mass is 9.90. The summed E-state index contributed by atoms with van der Waals surface area (Å²) in [4.78, 5) is 34.2. The van der Waals surface area contributed by atoms with Gasteiger partial charge in [0.1, 0.15) is 17.4 Å². The van der Waals surface area contributed by atoms with Crippen molar-refractivity contribution in [2.75, 3.05) is 17.1 Å². The van der Waals surface area contributed by atoms with Crippen molar-refractivity contribution >= 4 is 50.7 Å². The number of anilines is 2. The molecule has 0 aliphatic carbocycles. The number of carbonyl (C=O) groups excluding carboxylic acids is 2. The van der Waals surface area contributed by atoms with Crippen LogP contribution in [-0.2, 0) is 14.4 Å². The fraction of sp³-hybridized carbons (Fsp3) is 0.167. The SMILES string of the molecule is COc1ccc(N2C(=O)[C@@H]3[C@H](ON(c4ccc(Cl)cc4)[C@H]3c3cc(Br)ccc3O)C2=O)cc1. The molecule has 0 spiro atoms. The van der Waals surface area contributed by atoms with E-state index in [1.807, 2.05) is 0 Å². The molecule has 0 unspecified atom stereocenters. The number of aromatic hydroxyl groups is 1. The third kappa shape index (κ3) is 3.64. The molecule has 2 aliphatic rings. The molecule has 2 amide bonds. The number of fused-ring (bicyclic) bond motifs is 1. The molecule has 3 atom stereocenters. The first kappa shape index (κ1) is 21.8. The Labute approximate surface area is 203 Å². The van der Waals surface area contributed by atoms with E-state index in [1.165, 1.54) is 11.1 Å². The number of benzene rings is 3. The number of halogens is 2. The Kier molecular flexibility index (Phi) is 5.52. The molecule has 168 valence electrons. The number of hydrogen-bond donors (Lipinski definition) is 1. The van der Waals surface area contributed by atoms with Gasteiger partial charge in [-0.1, -0.05) is 27.5 Å². The molecule has 9 heteroatoms. The molecule has 33 heavy (non-hydrogen) atoms. The maximum absolute atomic E-state index is 13.6. The van der Waals surface area contributed by atoms with Gasteiger partial charge in [-0.25, -0.2) is 9.96 Å². The summed E-state index contributed by atoms with van der Waals surface area (Å²) in [6.07, 6.45) is -1.04. The number of hydrogen-bond acceptors (Lipinski definition) is 6. The van der Waals surface area contributed by atoms with Crippen LogP contribution < -0.4 is 14.7 Å². The standard InChI is InChI=1S/C24H18BrClN2O5/c1-32-17-9-7-15(8-10-17)27-23(30)20-21(18-12-13(25)2-11-19(18)29)28(33-22(20)24(27)31)16-5-3-14(26)4-6-16/h2-12,20-22,29H,1H3/t20-,21-,22-/m0/s1. The summed E-state index contributed by atoms with van der Waals surface area (Å²) in [5.41, 5.74) is 1.50. The van der Waals surface area contributed by atoms with E-state index >= 15 is 0 Å². The summed E-state index contributed by atoms with van der Waals surface area (Å²) < 4.78 is 5.89. The lowest BCUT2D eigenvalue weighted by Gasteiger charge is -2.29. The van der Waals surface area contributed by atoms with Gasteiger partial charge in [0.15, 0.2) is 6.10 Å². The van der Waals surface area contributed by atoms with Crippen molar-refractivity contribution in [2.45, 2.75) is 12.1 Å². The van der Waals surface area contributed by atoms with Gasteiger partial charge in [0.2, 0.25) is 5.91 Å². The Morgan fingerprint density at radius 2 is 1.64 bits per heavy atom. The Morgan fingerprint density at radius 3 is 2.30 bits per heavy atom. The predicted molar refractivity (Wildman–Crippen MR) is 126 cm³/mol. The summed E-state index contributed by atoms with van der Waals surface area (Å²) in [7, 11) is 1.54. The maximum Gasteiger partial charge on any atom is 0.266 e. The van der Waals surface area contributed by atoms with E-state index < -0.39 is 29.9 Å². The molecule has 0 radical (unpaired) electrons. The second kappa shape index (κ2) is 8.37. The molecule has 2 fully saturated rings. The van der Waals surface area contributed by atoms with Gasteiger partial charge in [0.05, 0.1) is 24.5 Å². The van der Waals surface area contributed by atoms with Crippen molar-refractivity contribution in [3.63, 3.8) is 0 Å². The summed E-state index contributed by atoms with van der Waals surface area (Å²) in [6, 6.07) is 17.7. The Hall–Kier alpha value is -3.07. The van der Waals surface area contributed by atoms with Gasteiger partial charge < -0.3 is 9.84 Å². The van der Waals surface area contributed by atoms with Crippen LogP contribution in [0, 0.1) is 5.92 Å². The van der Waals surface area contributed by atoms with Crippen LogP contribution in [0.5, 0.6) is 11.5 Å². The average Bonchev–Trinajstić information content (AvgIpc) is 3.32. The van der Waals surface area contributed by atoms with Crippen LogP contribution in [0.1, 0.15) is 11.6 Å². The highest BCUT2D eigenvalue weighted by Gasteiger charge is 2.60. The first-order valence-electron chi connectivity index (χ1n) is 10.1. The number of methoxy groups -OCH3 is 1. The van der Waals surface area contributed by atoms with Crippen LogP contribution >= 0.6 is 27.5 Å². The van der Waals surface area contributed by atoms with Gasteiger partial charge in [-0.15, -0.1) is 0 Å². The van der Waals surface area contributed by atoms with Crippen LogP contribution in [0.2, 0.25) is 5.02 Å². The van der Waals surface area contributed by atoms with Gasteiger partial charge in [-0.05, 0) is 66.7 Å². The summed E-state index contributed by atoms with van der Waals surface area (Å²) >= 11 is 9.47. The van der Waals surface area contributed by atoms with Crippen LogP contribution in [0.25, 0.3) is 0 Å². The average molecular weight is 530 g/mol. The number of rotatable bonds is 4. The van der Waals surface area contributed by atoms with E-state index in [2.05, 4.69) is 15.9 Å². The van der Waals surface area contributed by atoms with Crippen molar-refractivity contribution in [3.8, 4) is 11.5 Å². The molecular weight excluding hydrogens is 512 g/mol. The molecule has 3 aromatic carbocycles. The molecule has 3 aromatic rings. The largest absolute Gasteiger partial charge is 0.508 e. The van der Waals surface area contributed by atoms with Gasteiger partial charge in [0.25, 0.3) is 5.91 Å². The quantitative estimate of drug-likeness (QED) is 0.486. The maximum atomic E-state index is 13.6. The van der Waals surface area contributed by atoms with Gasteiger partial charge >= 0.3 is 0 Å². The first-order chi connectivity index (χ1) is 15.9. The zero-order chi connectivity index (χ0) is 23.3. The van der Waals surface area contributed by atoms with Gasteiger partial charge in [-0.2, -0.15) is 0 Å². The fourth-order valence-electron chi connectivity index (χ4n) is 4.29. The molecule has 0 saturated carbocycles. The Bertz CT molecular complexity index is 1230. The minimum Gasteiger partial charge on any atom is -0.508 e. The van der Waals surface area contributed by atoms with Gasteiger partial charge in [0, 0.05) is 15.1 Å². The van der Waals surface area contributed by atoms with Crippen molar-refractivity contribution in [2.24, 2.45) is 5.92 Å². The van der Waals surface area contributed by atoms with E-state index in [4.69, 9.17) is 21.2 Å². The van der Waals surface area contributed by atoms with Crippen LogP contribution in [0.4, 0.5) is 11.4 Å². The minimum atomic E-state index is -1.04. The third-order valence-corrected chi connectivity index (χ3v) is 6.58. The topological polar surface area (TPSA) is 79.3 Å². The summed E-state index contributed by atoms with van der Waals surface area (Å²) in [5, 5.41) is 12.7. The second-order valence-electron chi connectivity index (χ2n) is 7.71. The Balaban J connectivity index is 1.59. The summed E-state index contributed by atoms with van der Waals surface area (Å²) in [5.74, 6) is -1.13. The van der Waals surface area contributed by atoms with Crippen molar-refractivity contribution in [1.29, 1.82) is 0 Å². The number of nitrogens with zero attached hydrogens (tertiary/aromatic N) is 2. The molecule has 1 N–H and O–H groups in total. The number of imide groups is 1. The van der Waals surface area contributed by atoms with E-state index in [0.29, 0.717) is 27.7 Å².